The molecule has 0 bridgehead atoms. The van der Waals surface area contributed by atoms with Crippen molar-refractivity contribution in [2.24, 2.45) is 0 Å². The van der Waals surface area contributed by atoms with Gasteiger partial charge in [-0.2, -0.15) is 0 Å². The Hall–Kier alpha value is -1.69. The van der Waals surface area contributed by atoms with Crippen LogP contribution >= 0.6 is 0 Å². The molecule has 124 valence electrons. The zero-order valence-electron chi connectivity index (χ0n) is 13.5. The first-order valence-electron chi connectivity index (χ1n) is 7.61. The lowest BCUT2D eigenvalue weighted by atomic mass is 9.97. The smallest absolute Gasteiger partial charge is 0.240 e. The van der Waals surface area contributed by atoms with Crippen LogP contribution in [0.1, 0.15) is 24.5 Å². The minimum atomic E-state index is -3.60. The molecule has 0 aliphatic carbocycles. The molecule has 0 fully saturated rings. The fourth-order valence-electron chi connectivity index (χ4n) is 2.20. The first-order valence-corrected chi connectivity index (χ1v) is 9.09. The SMILES string of the molecule is Cc1ccc(S(=O)(=O)NCC(C)(O)CCc2ccccc2)cc1. The van der Waals surface area contributed by atoms with E-state index in [-0.39, 0.29) is 11.4 Å². The number of aliphatic hydroxyl groups is 1. The van der Waals surface area contributed by atoms with Crippen molar-refractivity contribution in [3.63, 3.8) is 0 Å². The van der Waals surface area contributed by atoms with E-state index >= 15 is 0 Å². The molecule has 1 atom stereocenters. The molecule has 2 aromatic carbocycles. The van der Waals surface area contributed by atoms with Gasteiger partial charge in [-0.05, 0) is 44.4 Å². The standard InChI is InChI=1S/C18H23NO3S/c1-15-8-10-17(11-9-15)23(21,22)19-14-18(2,20)13-12-16-6-4-3-5-7-16/h3-11,19-20H,12-14H2,1-2H3. The molecule has 0 spiro atoms. The average molecular weight is 333 g/mol. The second kappa shape index (κ2) is 7.25. The Bertz CT molecular complexity index is 723. The van der Waals surface area contributed by atoms with Crippen molar-refractivity contribution in [1.29, 1.82) is 0 Å². The summed E-state index contributed by atoms with van der Waals surface area (Å²) in [6.07, 6.45) is 1.17. The Kier molecular flexibility index (Phi) is 5.57. The summed E-state index contributed by atoms with van der Waals surface area (Å²) in [7, 11) is -3.60. The summed E-state index contributed by atoms with van der Waals surface area (Å²) in [5.74, 6) is 0. The molecule has 2 aromatic rings. The van der Waals surface area contributed by atoms with Gasteiger partial charge >= 0.3 is 0 Å². The number of aryl methyl sites for hydroxylation is 2. The lowest BCUT2D eigenvalue weighted by molar-refractivity contribution is 0.0565. The Balaban J connectivity index is 1.93. The molecule has 1 unspecified atom stereocenters. The van der Waals surface area contributed by atoms with Crippen LogP contribution in [0.4, 0.5) is 0 Å². The molecule has 0 aromatic heterocycles. The van der Waals surface area contributed by atoms with E-state index in [2.05, 4.69) is 4.72 Å². The molecule has 0 aliphatic heterocycles. The lowest BCUT2D eigenvalue weighted by Crippen LogP contribution is -2.40. The van der Waals surface area contributed by atoms with Crippen LogP contribution in [0.5, 0.6) is 0 Å². The normalized spacial score (nSPS) is 14.4. The summed E-state index contributed by atoms with van der Waals surface area (Å²) >= 11 is 0. The van der Waals surface area contributed by atoms with Gasteiger partial charge in [0.2, 0.25) is 10.0 Å². The van der Waals surface area contributed by atoms with E-state index in [1.54, 1.807) is 31.2 Å². The van der Waals surface area contributed by atoms with Gasteiger partial charge in [0.25, 0.3) is 0 Å². The quantitative estimate of drug-likeness (QED) is 0.818. The van der Waals surface area contributed by atoms with Gasteiger partial charge < -0.3 is 5.11 Å². The molecule has 4 nitrogen and oxygen atoms in total. The van der Waals surface area contributed by atoms with Crippen LogP contribution in [0.3, 0.4) is 0 Å². The highest BCUT2D eigenvalue weighted by molar-refractivity contribution is 7.89. The van der Waals surface area contributed by atoms with Gasteiger partial charge in [-0.25, -0.2) is 13.1 Å². The summed E-state index contributed by atoms with van der Waals surface area (Å²) in [6.45, 7) is 3.53. The predicted molar refractivity (Wildman–Crippen MR) is 91.8 cm³/mol. The predicted octanol–water partition coefficient (Wildman–Crippen LogP) is 2.66. The number of nitrogens with one attached hydrogen (secondary N) is 1. The maximum Gasteiger partial charge on any atom is 0.240 e. The van der Waals surface area contributed by atoms with Crippen molar-refractivity contribution in [1.82, 2.24) is 4.72 Å². The summed E-state index contributed by atoms with van der Waals surface area (Å²) in [4.78, 5) is 0.210. The van der Waals surface area contributed by atoms with Gasteiger partial charge in [-0.15, -0.1) is 0 Å². The zero-order chi connectivity index (χ0) is 16.9. The van der Waals surface area contributed by atoms with E-state index in [9.17, 15) is 13.5 Å². The fraction of sp³-hybridized carbons (Fsp3) is 0.333. The number of sulfonamides is 1. The minimum Gasteiger partial charge on any atom is -0.389 e. The Morgan fingerprint density at radius 3 is 2.26 bits per heavy atom. The molecular formula is C18H23NO3S. The second-order valence-corrected chi connectivity index (χ2v) is 7.89. The molecule has 2 N–H and O–H groups in total. The van der Waals surface area contributed by atoms with E-state index in [4.69, 9.17) is 0 Å². The van der Waals surface area contributed by atoms with E-state index in [1.807, 2.05) is 37.3 Å². The van der Waals surface area contributed by atoms with Crippen molar-refractivity contribution in [2.45, 2.75) is 37.2 Å². The maximum absolute atomic E-state index is 12.2. The number of hydrogen-bond acceptors (Lipinski definition) is 3. The molecule has 23 heavy (non-hydrogen) atoms. The first-order chi connectivity index (χ1) is 10.8. The number of benzene rings is 2. The lowest BCUT2D eigenvalue weighted by Gasteiger charge is -2.23. The van der Waals surface area contributed by atoms with E-state index < -0.39 is 15.6 Å². The van der Waals surface area contributed by atoms with Gasteiger partial charge in [0.1, 0.15) is 0 Å². The first kappa shape index (κ1) is 17.7. The van der Waals surface area contributed by atoms with E-state index in [1.165, 1.54) is 0 Å². The maximum atomic E-state index is 12.2. The van der Waals surface area contributed by atoms with Crippen LogP contribution in [-0.2, 0) is 16.4 Å². The molecule has 2 rings (SSSR count). The van der Waals surface area contributed by atoms with Crippen molar-refractivity contribution in [2.75, 3.05) is 6.54 Å². The van der Waals surface area contributed by atoms with Crippen LogP contribution in [0, 0.1) is 6.92 Å². The van der Waals surface area contributed by atoms with Gasteiger partial charge in [0.05, 0.1) is 10.5 Å². The average Bonchev–Trinajstić information content (AvgIpc) is 2.53. The second-order valence-electron chi connectivity index (χ2n) is 6.12. The third kappa shape index (κ3) is 5.46. The number of rotatable bonds is 7. The Morgan fingerprint density at radius 1 is 1.04 bits per heavy atom. The highest BCUT2D eigenvalue weighted by Crippen LogP contribution is 2.15. The molecule has 0 saturated carbocycles. The van der Waals surface area contributed by atoms with Gasteiger partial charge in [0.15, 0.2) is 0 Å². The molecule has 5 heteroatoms. The molecule has 0 amide bonds. The van der Waals surface area contributed by atoms with Crippen LogP contribution in [0.15, 0.2) is 59.5 Å². The van der Waals surface area contributed by atoms with E-state index in [0.29, 0.717) is 12.8 Å². The van der Waals surface area contributed by atoms with Crippen LogP contribution in [0.2, 0.25) is 0 Å². The number of hydrogen-bond donors (Lipinski definition) is 2. The third-order valence-electron chi connectivity index (χ3n) is 3.77. The molecule has 0 aliphatic rings. The van der Waals surface area contributed by atoms with Crippen LogP contribution in [-0.4, -0.2) is 25.7 Å². The highest BCUT2D eigenvalue weighted by atomic mass is 32.2. The Morgan fingerprint density at radius 2 is 1.65 bits per heavy atom. The van der Waals surface area contributed by atoms with Gasteiger partial charge in [-0.1, -0.05) is 48.0 Å². The van der Waals surface area contributed by atoms with Gasteiger partial charge in [0, 0.05) is 6.54 Å². The van der Waals surface area contributed by atoms with Crippen molar-refractivity contribution in [3.05, 3.63) is 65.7 Å². The fourth-order valence-corrected chi connectivity index (χ4v) is 3.36. The summed E-state index contributed by atoms with van der Waals surface area (Å²) < 4.78 is 27.0. The molecule has 0 radical (unpaired) electrons. The molecule has 0 heterocycles. The van der Waals surface area contributed by atoms with Crippen molar-refractivity contribution < 1.29 is 13.5 Å². The van der Waals surface area contributed by atoms with Crippen molar-refractivity contribution >= 4 is 10.0 Å². The molecular weight excluding hydrogens is 310 g/mol. The topological polar surface area (TPSA) is 66.4 Å². The van der Waals surface area contributed by atoms with Crippen LogP contribution in [0.25, 0.3) is 0 Å². The third-order valence-corrected chi connectivity index (χ3v) is 5.19. The Labute approximate surface area is 138 Å². The largest absolute Gasteiger partial charge is 0.389 e. The summed E-state index contributed by atoms with van der Waals surface area (Å²) in [5, 5.41) is 10.4. The zero-order valence-corrected chi connectivity index (χ0v) is 14.3. The summed E-state index contributed by atoms with van der Waals surface area (Å²) in [6, 6.07) is 16.5. The van der Waals surface area contributed by atoms with Crippen molar-refractivity contribution in [3.8, 4) is 0 Å². The monoisotopic (exact) mass is 333 g/mol. The molecule has 0 saturated heterocycles. The van der Waals surface area contributed by atoms with Gasteiger partial charge in [-0.3, -0.25) is 0 Å². The van der Waals surface area contributed by atoms with Crippen LogP contribution < -0.4 is 4.72 Å². The highest BCUT2D eigenvalue weighted by Gasteiger charge is 2.24. The minimum absolute atomic E-state index is 0.0178. The summed E-state index contributed by atoms with van der Waals surface area (Å²) in [5.41, 5.74) is 1.01. The van der Waals surface area contributed by atoms with E-state index in [0.717, 1.165) is 11.1 Å².